The van der Waals surface area contributed by atoms with Crippen molar-refractivity contribution in [3.63, 3.8) is 0 Å². The van der Waals surface area contributed by atoms with E-state index in [-0.39, 0.29) is 24.4 Å². The highest BCUT2D eigenvalue weighted by Gasteiger charge is 2.18. The van der Waals surface area contributed by atoms with Crippen LogP contribution in [-0.2, 0) is 11.8 Å². The van der Waals surface area contributed by atoms with Gasteiger partial charge in [0.1, 0.15) is 6.04 Å². The zero-order valence-electron chi connectivity index (χ0n) is 11.5. The summed E-state index contributed by atoms with van der Waals surface area (Å²) in [4.78, 5) is 12.1. The monoisotopic (exact) mass is 294 g/mol. The van der Waals surface area contributed by atoms with E-state index in [0.29, 0.717) is 0 Å². The lowest BCUT2D eigenvalue weighted by atomic mass is 10.1. The molecule has 0 bridgehead atoms. The first-order valence-corrected chi connectivity index (χ1v) is 6.17. The molecule has 6 heteroatoms. The van der Waals surface area contributed by atoms with Crippen molar-refractivity contribution < 1.29 is 4.79 Å². The van der Waals surface area contributed by atoms with E-state index in [2.05, 4.69) is 10.4 Å². The van der Waals surface area contributed by atoms with Crippen LogP contribution in [-0.4, -0.2) is 15.7 Å². The van der Waals surface area contributed by atoms with E-state index >= 15 is 0 Å². The van der Waals surface area contributed by atoms with E-state index in [1.165, 1.54) is 0 Å². The van der Waals surface area contributed by atoms with Crippen LogP contribution in [0, 0.1) is 0 Å². The number of nitrogens with one attached hydrogen (secondary N) is 1. The van der Waals surface area contributed by atoms with E-state index in [9.17, 15) is 4.79 Å². The summed E-state index contributed by atoms with van der Waals surface area (Å²) >= 11 is 0. The Morgan fingerprint density at radius 1 is 1.30 bits per heavy atom. The van der Waals surface area contributed by atoms with Gasteiger partial charge in [-0.25, -0.2) is 0 Å². The summed E-state index contributed by atoms with van der Waals surface area (Å²) in [6.45, 7) is 1.91. The molecule has 5 nitrogen and oxygen atoms in total. The van der Waals surface area contributed by atoms with Crippen LogP contribution >= 0.6 is 12.4 Å². The maximum absolute atomic E-state index is 12.1. The van der Waals surface area contributed by atoms with Crippen molar-refractivity contribution in [1.82, 2.24) is 15.1 Å². The summed E-state index contributed by atoms with van der Waals surface area (Å²) in [5, 5.41) is 6.97. The van der Waals surface area contributed by atoms with Gasteiger partial charge in [0.25, 0.3) is 0 Å². The number of hydrogen-bond acceptors (Lipinski definition) is 3. The predicted molar refractivity (Wildman–Crippen MR) is 80.4 cm³/mol. The van der Waals surface area contributed by atoms with Gasteiger partial charge in [-0.15, -0.1) is 12.4 Å². The normalized spacial score (nSPS) is 13.2. The van der Waals surface area contributed by atoms with E-state index < -0.39 is 6.04 Å². The molecule has 2 atom stereocenters. The van der Waals surface area contributed by atoms with Crippen LogP contribution in [0.25, 0.3) is 0 Å². The molecule has 108 valence electrons. The molecular weight excluding hydrogens is 276 g/mol. The molecule has 0 radical (unpaired) electrons. The first-order valence-electron chi connectivity index (χ1n) is 6.17. The molecule has 0 saturated heterocycles. The van der Waals surface area contributed by atoms with Crippen LogP contribution in [0.3, 0.4) is 0 Å². The summed E-state index contributed by atoms with van der Waals surface area (Å²) in [5.41, 5.74) is 7.70. The van der Waals surface area contributed by atoms with Crippen molar-refractivity contribution >= 4 is 18.3 Å². The number of nitrogens with two attached hydrogens (primary N) is 1. The Bertz CT molecular complexity index is 555. The minimum atomic E-state index is -0.652. The number of benzene rings is 1. The summed E-state index contributed by atoms with van der Waals surface area (Å²) in [6.07, 6.45) is 3.61. The predicted octanol–water partition coefficient (Wildman–Crippen LogP) is 1.72. The molecule has 0 aliphatic rings. The van der Waals surface area contributed by atoms with Crippen LogP contribution in [0.1, 0.15) is 30.1 Å². The molecule has 0 fully saturated rings. The minimum absolute atomic E-state index is 0. The third-order valence-electron chi connectivity index (χ3n) is 3.02. The highest BCUT2D eigenvalue weighted by atomic mass is 35.5. The lowest BCUT2D eigenvalue weighted by Gasteiger charge is -2.16. The maximum Gasteiger partial charge on any atom is 0.241 e. The number of carbonyl (C=O) groups is 1. The first-order chi connectivity index (χ1) is 9.08. The second kappa shape index (κ2) is 7.07. The average Bonchev–Trinajstić information content (AvgIpc) is 2.85. The first kappa shape index (κ1) is 16.2. The molecule has 2 aromatic rings. The van der Waals surface area contributed by atoms with Crippen LogP contribution in [0.5, 0.6) is 0 Å². The van der Waals surface area contributed by atoms with Crippen molar-refractivity contribution in [3.8, 4) is 0 Å². The summed E-state index contributed by atoms with van der Waals surface area (Å²) in [5.74, 6) is -0.192. The zero-order valence-corrected chi connectivity index (χ0v) is 12.3. The highest BCUT2D eigenvalue weighted by Crippen LogP contribution is 2.14. The van der Waals surface area contributed by atoms with Crippen molar-refractivity contribution in [2.24, 2.45) is 12.8 Å². The Morgan fingerprint density at radius 3 is 2.50 bits per heavy atom. The van der Waals surface area contributed by atoms with Gasteiger partial charge < -0.3 is 11.1 Å². The fourth-order valence-corrected chi connectivity index (χ4v) is 1.86. The molecule has 0 spiro atoms. The lowest BCUT2D eigenvalue weighted by Crippen LogP contribution is -2.35. The fraction of sp³-hybridized carbons (Fsp3) is 0.286. The average molecular weight is 295 g/mol. The molecule has 20 heavy (non-hydrogen) atoms. The van der Waals surface area contributed by atoms with Crippen molar-refractivity contribution in [3.05, 3.63) is 53.9 Å². The molecule has 1 amide bonds. The van der Waals surface area contributed by atoms with Gasteiger partial charge in [0, 0.05) is 18.8 Å². The quantitative estimate of drug-likeness (QED) is 0.902. The fourth-order valence-electron chi connectivity index (χ4n) is 1.86. The standard InChI is InChI=1S/C14H18N4O.ClH/c1-10(12-8-16-18(2)9-12)17-14(19)13(15)11-6-4-3-5-7-11;/h3-10,13H,15H2,1-2H3,(H,17,19);1H. The minimum Gasteiger partial charge on any atom is -0.348 e. The second-order valence-corrected chi connectivity index (χ2v) is 4.57. The van der Waals surface area contributed by atoms with Crippen LogP contribution in [0.2, 0.25) is 0 Å². The molecule has 3 N–H and O–H groups in total. The Morgan fingerprint density at radius 2 is 1.95 bits per heavy atom. The number of nitrogens with zero attached hydrogens (tertiary/aromatic N) is 2. The lowest BCUT2D eigenvalue weighted by molar-refractivity contribution is -0.123. The van der Waals surface area contributed by atoms with Gasteiger partial charge in [-0.3, -0.25) is 9.48 Å². The van der Waals surface area contributed by atoms with Gasteiger partial charge in [0.15, 0.2) is 0 Å². The molecule has 1 aromatic carbocycles. The van der Waals surface area contributed by atoms with E-state index in [4.69, 9.17) is 5.73 Å². The smallest absolute Gasteiger partial charge is 0.241 e. The number of aryl methyl sites for hydroxylation is 1. The highest BCUT2D eigenvalue weighted by molar-refractivity contribution is 5.85. The second-order valence-electron chi connectivity index (χ2n) is 4.57. The molecule has 2 rings (SSSR count). The summed E-state index contributed by atoms with van der Waals surface area (Å²) < 4.78 is 1.70. The zero-order chi connectivity index (χ0) is 13.8. The van der Waals surface area contributed by atoms with Crippen LogP contribution < -0.4 is 11.1 Å². The van der Waals surface area contributed by atoms with Crippen molar-refractivity contribution in [2.45, 2.75) is 19.0 Å². The van der Waals surface area contributed by atoms with E-state index in [0.717, 1.165) is 11.1 Å². The van der Waals surface area contributed by atoms with Crippen LogP contribution in [0.4, 0.5) is 0 Å². The Kier molecular flexibility index (Phi) is 5.73. The van der Waals surface area contributed by atoms with Crippen molar-refractivity contribution in [1.29, 1.82) is 0 Å². The topological polar surface area (TPSA) is 72.9 Å². The molecule has 0 aliphatic heterocycles. The van der Waals surface area contributed by atoms with Crippen molar-refractivity contribution in [2.75, 3.05) is 0 Å². The number of carbonyl (C=O) groups excluding carboxylic acids is 1. The number of halogens is 1. The van der Waals surface area contributed by atoms with Gasteiger partial charge in [0.05, 0.1) is 12.2 Å². The Hall–Kier alpha value is -1.85. The number of hydrogen-bond donors (Lipinski definition) is 2. The SMILES string of the molecule is CC(NC(=O)C(N)c1ccccc1)c1cnn(C)c1.Cl. The van der Waals surface area contributed by atoms with E-state index in [1.807, 2.05) is 50.5 Å². The molecule has 0 saturated carbocycles. The number of rotatable bonds is 4. The molecule has 1 aromatic heterocycles. The number of aromatic nitrogens is 2. The van der Waals surface area contributed by atoms with Gasteiger partial charge in [-0.1, -0.05) is 30.3 Å². The van der Waals surface area contributed by atoms with Gasteiger partial charge in [0.2, 0.25) is 5.91 Å². The molecule has 0 aliphatic carbocycles. The molecular formula is C14H19ClN4O. The summed E-state index contributed by atoms with van der Waals surface area (Å²) in [6, 6.07) is 8.56. The maximum atomic E-state index is 12.1. The molecule has 2 unspecified atom stereocenters. The Labute approximate surface area is 124 Å². The van der Waals surface area contributed by atoms with Gasteiger partial charge in [-0.05, 0) is 12.5 Å². The largest absolute Gasteiger partial charge is 0.348 e. The van der Waals surface area contributed by atoms with Gasteiger partial charge >= 0.3 is 0 Å². The molecule has 1 heterocycles. The van der Waals surface area contributed by atoms with E-state index in [1.54, 1.807) is 10.9 Å². The summed E-state index contributed by atoms with van der Waals surface area (Å²) in [7, 11) is 1.84. The van der Waals surface area contributed by atoms with Gasteiger partial charge in [-0.2, -0.15) is 5.10 Å². The number of amides is 1. The Balaban J connectivity index is 0.00000200. The third-order valence-corrected chi connectivity index (χ3v) is 3.02. The third kappa shape index (κ3) is 3.82. The van der Waals surface area contributed by atoms with Crippen LogP contribution in [0.15, 0.2) is 42.7 Å².